The molecule has 2 aromatic rings. The molecule has 144 valence electrons. The molecule has 2 amide bonds. The molecule has 0 radical (unpaired) electrons. The van der Waals surface area contributed by atoms with Crippen LogP contribution in [0.2, 0.25) is 0 Å². The molecule has 2 rings (SSSR count). The molecular weight excluding hydrogens is 356 g/mol. The van der Waals surface area contributed by atoms with Gasteiger partial charge in [0.1, 0.15) is 0 Å². The van der Waals surface area contributed by atoms with Crippen molar-refractivity contribution in [3.63, 3.8) is 0 Å². The van der Waals surface area contributed by atoms with Gasteiger partial charge in [0.25, 0.3) is 0 Å². The number of carbonyl (C=O) groups is 3. The molecule has 6 nitrogen and oxygen atoms in total. The van der Waals surface area contributed by atoms with Crippen LogP contribution in [0.3, 0.4) is 0 Å². The predicted molar refractivity (Wildman–Crippen MR) is 111 cm³/mol. The third kappa shape index (κ3) is 7.29. The highest BCUT2D eigenvalue weighted by atomic mass is 16.5. The Hall–Kier alpha value is -3.67. The predicted octanol–water partition coefficient (Wildman–Crippen LogP) is 3.87. The van der Waals surface area contributed by atoms with E-state index in [0.717, 1.165) is 11.1 Å². The second kappa shape index (κ2) is 10.5. The van der Waals surface area contributed by atoms with Crippen molar-refractivity contribution in [3.05, 3.63) is 71.8 Å². The van der Waals surface area contributed by atoms with Gasteiger partial charge in [0, 0.05) is 30.5 Å². The lowest BCUT2D eigenvalue weighted by molar-refractivity contribution is -0.137. The molecule has 0 saturated carbocycles. The van der Waals surface area contributed by atoms with Crippen LogP contribution in [-0.2, 0) is 19.1 Å². The van der Waals surface area contributed by atoms with E-state index in [1.54, 1.807) is 67.6 Å². The first-order valence-electron chi connectivity index (χ1n) is 8.78. The molecule has 0 aliphatic carbocycles. The van der Waals surface area contributed by atoms with Crippen LogP contribution in [0.4, 0.5) is 11.4 Å². The van der Waals surface area contributed by atoms with E-state index in [-0.39, 0.29) is 11.8 Å². The molecule has 0 unspecified atom stereocenters. The van der Waals surface area contributed by atoms with Gasteiger partial charge in [0.05, 0.1) is 6.61 Å². The van der Waals surface area contributed by atoms with Crippen molar-refractivity contribution in [1.29, 1.82) is 0 Å². The van der Waals surface area contributed by atoms with E-state index in [0.29, 0.717) is 18.0 Å². The Morgan fingerprint density at radius 3 is 1.82 bits per heavy atom. The van der Waals surface area contributed by atoms with Gasteiger partial charge in [-0.2, -0.15) is 0 Å². The lowest BCUT2D eigenvalue weighted by Crippen LogP contribution is -2.07. The third-order valence-electron chi connectivity index (χ3n) is 3.53. The number of hydrogen-bond acceptors (Lipinski definition) is 4. The number of amides is 2. The second-order valence-electron chi connectivity index (χ2n) is 5.83. The summed E-state index contributed by atoms with van der Waals surface area (Å²) < 4.78 is 4.82. The Morgan fingerprint density at radius 2 is 1.32 bits per heavy atom. The zero-order valence-electron chi connectivity index (χ0n) is 15.8. The van der Waals surface area contributed by atoms with E-state index in [4.69, 9.17) is 4.74 Å². The standard InChI is InChI=1S/C22H22N2O4/c1-3-28-22(27)15-9-18-6-12-20(13-7-18)24-21(26)14-8-17-4-10-19(11-5-17)23-16(2)25/h4-15H,3H2,1-2H3,(H,23,25)(H,24,26)/b14-8+,15-9+. The van der Waals surface area contributed by atoms with Crippen LogP contribution >= 0.6 is 0 Å². The normalized spacial score (nSPS) is 10.8. The molecular formula is C22H22N2O4. The fraction of sp³-hybridized carbons (Fsp3) is 0.136. The van der Waals surface area contributed by atoms with E-state index >= 15 is 0 Å². The summed E-state index contributed by atoms with van der Waals surface area (Å²) in [5.74, 6) is -0.791. The van der Waals surface area contributed by atoms with E-state index in [2.05, 4.69) is 10.6 Å². The largest absolute Gasteiger partial charge is 0.463 e. The van der Waals surface area contributed by atoms with Crippen molar-refractivity contribution in [2.45, 2.75) is 13.8 Å². The first kappa shape index (κ1) is 20.6. The zero-order valence-corrected chi connectivity index (χ0v) is 15.8. The summed E-state index contributed by atoms with van der Waals surface area (Å²) in [5, 5.41) is 5.45. The zero-order chi connectivity index (χ0) is 20.4. The van der Waals surface area contributed by atoms with Crippen LogP contribution in [0.25, 0.3) is 12.2 Å². The summed E-state index contributed by atoms with van der Waals surface area (Å²) >= 11 is 0. The quantitative estimate of drug-likeness (QED) is 0.566. The highest BCUT2D eigenvalue weighted by molar-refractivity contribution is 6.02. The second-order valence-corrected chi connectivity index (χ2v) is 5.83. The molecule has 0 fully saturated rings. The summed E-state index contributed by atoms with van der Waals surface area (Å²) in [6, 6.07) is 14.2. The number of hydrogen-bond donors (Lipinski definition) is 2. The molecule has 0 saturated heterocycles. The SMILES string of the molecule is CCOC(=O)/C=C/c1ccc(NC(=O)/C=C/c2ccc(NC(C)=O)cc2)cc1. The molecule has 0 spiro atoms. The molecule has 2 N–H and O–H groups in total. The number of ether oxygens (including phenoxy) is 1. The summed E-state index contributed by atoms with van der Waals surface area (Å²) in [6.45, 7) is 3.53. The van der Waals surface area contributed by atoms with Gasteiger partial charge < -0.3 is 15.4 Å². The maximum atomic E-state index is 12.0. The molecule has 0 aliphatic heterocycles. The summed E-state index contributed by atoms with van der Waals surface area (Å²) in [6.07, 6.45) is 6.12. The van der Waals surface area contributed by atoms with Gasteiger partial charge in [-0.25, -0.2) is 4.79 Å². The number of carbonyl (C=O) groups excluding carboxylic acids is 3. The van der Waals surface area contributed by atoms with Crippen LogP contribution < -0.4 is 10.6 Å². The lowest BCUT2D eigenvalue weighted by atomic mass is 10.2. The van der Waals surface area contributed by atoms with Gasteiger partial charge in [-0.1, -0.05) is 24.3 Å². The van der Waals surface area contributed by atoms with Gasteiger partial charge in [0.2, 0.25) is 11.8 Å². The number of nitrogens with one attached hydrogen (secondary N) is 2. The number of esters is 1. The topological polar surface area (TPSA) is 84.5 Å². The molecule has 28 heavy (non-hydrogen) atoms. The maximum Gasteiger partial charge on any atom is 0.330 e. The number of rotatable bonds is 7. The number of benzene rings is 2. The van der Waals surface area contributed by atoms with Crippen LogP contribution in [0.1, 0.15) is 25.0 Å². The molecule has 0 heterocycles. The Labute approximate surface area is 163 Å². The Kier molecular flexibility index (Phi) is 7.72. The van der Waals surface area contributed by atoms with Crippen molar-refractivity contribution in [2.75, 3.05) is 17.2 Å². The summed E-state index contributed by atoms with van der Waals surface area (Å²) in [7, 11) is 0. The molecule has 2 aromatic carbocycles. The van der Waals surface area contributed by atoms with Crippen LogP contribution in [0.5, 0.6) is 0 Å². The molecule has 0 atom stereocenters. The van der Waals surface area contributed by atoms with E-state index in [1.807, 2.05) is 0 Å². The lowest BCUT2D eigenvalue weighted by Gasteiger charge is -2.03. The average molecular weight is 378 g/mol. The van der Waals surface area contributed by atoms with E-state index in [1.165, 1.54) is 19.1 Å². The Balaban J connectivity index is 1.89. The molecule has 0 bridgehead atoms. The van der Waals surface area contributed by atoms with Crippen LogP contribution in [-0.4, -0.2) is 24.4 Å². The molecule has 0 aliphatic rings. The van der Waals surface area contributed by atoms with Crippen molar-refractivity contribution < 1.29 is 19.1 Å². The maximum absolute atomic E-state index is 12.0. The van der Waals surface area contributed by atoms with Crippen molar-refractivity contribution >= 4 is 41.3 Å². The Bertz CT molecular complexity index is 882. The smallest absolute Gasteiger partial charge is 0.330 e. The van der Waals surface area contributed by atoms with Gasteiger partial charge in [0.15, 0.2) is 0 Å². The first-order chi connectivity index (χ1) is 13.5. The van der Waals surface area contributed by atoms with Gasteiger partial charge >= 0.3 is 5.97 Å². The first-order valence-corrected chi connectivity index (χ1v) is 8.78. The van der Waals surface area contributed by atoms with E-state index in [9.17, 15) is 14.4 Å². The van der Waals surface area contributed by atoms with Gasteiger partial charge in [-0.3, -0.25) is 9.59 Å². The molecule has 6 heteroatoms. The van der Waals surface area contributed by atoms with Crippen molar-refractivity contribution in [3.8, 4) is 0 Å². The highest BCUT2D eigenvalue weighted by Gasteiger charge is 1.99. The van der Waals surface area contributed by atoms with Crippen LogP contribution in [0.15, 0.2) is 60.7 Å². The van der Waals surface area contributed by atoms with Crippen molar-refractivity contribution in [1.82, 2.24) is 0 Å². The van der Waals surface area contributed by atoms with Gasteiger partial charge in [-0.15, -0.1) is 0 Å². The monoisotopic (exact) mass is 378 g/mol. The summed E-state index contributed by atoms with van der Waals surface area (Å²) in [4.78, 5) is 34.3. The average Bonchev–Trinajstić information content (AvgIpc) is 2.67. The minimum atomic E-state index is -0.393. The third-order valence-corrected chi connectivity index (χ3v) is 3.53. The van der Waals surface area contributed by atoms with E-state index < -0.39 is 5.97 Å². The van der Waals surface area contributed by atoms with Gasteiger partial charge in [-0.05, 0) is 54.5 Å². The highest BCUT2D eigenvalue weighted by Crippen LogP contribution is 2.13. The molecule has 0 aromatic heterocycles. The minimum Gasteiger partial charge on any atom is -0.463 e. The van der Waals surface area contributed by atoms with Crippen LogP contribution in [0, 0.1) is 0 Å². The fourth-order valence-electron chi connectivity index (χ4n) is 2.27. The summed E-state index contributed by atoms with van der Waals surface area (Å²) in [5.41, 5.74) is 3.00. The minimum absolute atomic E-state index is 0.134. The Morgan fingerprint density at radius 1 is 0.821 bits per heavy atom. The fourth-order valence-corrected chi connectivity index (χ4v) is 2.27. The van der Waals surface area contributed by atoms with Crippen molar-refractivity contribution in [2.24, 2.45) is 0 Å². The number of anilines is 2.